The van der Waals surface area contributed by atoms with Crippen LogP contribution >= 0.6 is 0 Å². The number of nitrogens with zero attached hydrogens (tertiary/aromatic N) is 2. The van der Waals surface area contributed by atoms with E-state index in [4.69, 9.17) is 5.73 Å². The Bertz CT molecular complexity index is 494. The number of anilines is 2. The minimum absolute atomic E-state index is 0.0289. The second kappa shape index (κ2) is 5.65. The normalized spacial score (nSPS) is 12.2. The Kier molecular flexibility index (Phi) is 3.95. The van der Waals surface area contributed by atoms with E-state index in [-0.39, 0.29) is 6.04 Å². The largest absolute Gasteiger partial charge is 0.327 e. The van der Waals surface area contributed by atoms with Crippen LogP contribution in [0.4, 0.5) is 11.5 Å². The standard InChI is InChI=1S/C15H19N3/c1-3-18(14-7-5-4-6-8-14)15-11-13(12(2)16)9-10-17-15/h4-12H,3,16H2,1-2H3. The lowest BCUT2D eigenvalue weighted by molar-refractivity contribution is 0.813. The Hall–Kier alpha value is -1.87. The fourth-order valence-electron chi connectivity index (χ4n) is 1.95. The SMILES string of the molecule is CCN(c1ccccc1)c1cc(C(C)N)ccn1. The Balaban J connectivity index is 2.36. The summed E-state index contributed by atoms with van der Waals surface area (Å²) in [6.07, 6.45) is 1.82. The molecule has 0 amide bonds. The summed E-state index contributed by atoms with van der Waals surface area (Å²) in [5, 5.41) is 0. The van der Waals surface area contributed by atoms with Gasteiger partial charge in [0.05, 0.1) is 0 Å². The van der Waals surface area contributed by atoms with Crippen LogP contribution in [-0.4, -0.2) is 11.5 Å². The molecule has 94 valence electrons. The van der Waals surface area contributed by atoms with Crippen LogP contribution in [0.1, 0.15) is 25.5 Å². The molecular weight excluding hydrogens is 222 g/mol. The Morgan fingerprint density at radius 2 is 1.94 bits per heavy atom. The van der Waals surface area contributed by atoms with Crippen molar-refractivity contribution in [1.82, 2.24) is 4.98 Å². The summed E-state index contributed by atoms with van der Waals surface area (Å²) in [5.74, 6) is 0.943. The van der Waals surface area contributed by atoms with E-state index in [1.807, 2.05) is 37.4 Å². The van der Waals surface area contributed by atoms with Gasteiger partial charge in [0, 0.05) is 24.5 Å². The average Bonchev–Trinajstić information content (AvgIpc) is 2.41. The highest BCUT2D eigenvalue weighted by molar-refractivity contribution is 5.60. The second-order valence-corrected chi connectivity index (χ2v) is 4.32. The van der Waals surface area contributed by atoms with Crippen molar-refractivity contribution in [2.24, 2.45) is 5.73 Å². The van der Waals surface area contributed by atoms with Gasteiger partial charge < -0.3 is 10.6 Å². The minimum Gasteiger partial charge on any atom is -0.327 e. The van der Waals surface area contributed by atoms with Crippen molar-refractivity contribution in [2.45, 2.75) is 19.9 Å². The molecule has 1 atom stereocenters. The zero-order valence-corrected chi connectivity index (χ0v) is 10.9. The molecule has 0 fully saturated rings. The van der Waals surface area contributed by atoms with Gasteiger partial charge in [0.15, 0.2) is 0 Å². The lowest BCUT2D eigenvalue weighted by Gasteiger charge is -2.22. The second-order valence-electron chi connectivity index (χ2n) is 4.32. The van der Waals surface area contributed by atoms with E-state index < -0.39 is 0 Å². The van der Waals surface area contributed by atoms with E-state index in [1.165, 1.54) is 0 Å². The Morgan fingerprint density at radius 1 is 1.22 bits per heavy atom. The smallest absolute Gasteiger partial charge is 0.133 e. The molecule has 2 rings (SSSR count). The summed E-state index contributed by atoms with van der Waals surface area (Å²) >= 11 is 0. The molecule has 0 radical (unpaired) electrons. The third kappa shape index (κ3) is 2.68. The molecule has 0 aliphatic heterocycles. The van der Waals surface area contributed by atoms with Crippen LogP contribution in [0, 0.1) is 0 Å². The highest BCUT2D eigenvalue weighted by atomic mass is 15.2. The number of benzene rings is 1. The van der Waals surface area contributed by atoms with Crippen molar-refractivity contribution in [2.75, 3.05) is 11.4 Å². The summed E-state index contributed by atoms with van der Waals surface area (Å²) in [6.45, 7) is 4.98. The van der Waals surface area contributed by atoms with Gasteiger partial charge in [-0.3, -0.25) is 0 Å². The third-order valence-electron chi connectivity index (χ3n) is 2.96. The molecule has 1 aromatic heterocycles. The molecule has 0 saturated carbocycles. The lowest BCUT2D eigenvalue weighted by Crippen LogP contribution is -2.18. The van der Waals surface area contributed by atoms with Gasteiger partial charge in [-0.05, 0) is 43.7 Å². The van der Waals surface area contributed by atoms with Gasteiger partial charge in [0.25, 0.3) is 0 Å². The van der Waals surface area contributed by atoms with Gasteiger partial charge >= 0.3 is 0 Å². The third-order valence-corrected chi connectivity index (χ3v) is 2.96. The molecule has 2 N–H and O–H groups in total. The van der Waals surface area contributed by atoms with E-state index in [9.17, 15) is 0 Å². The van der Waals surface area contributed by atoms with Crippen molar-refractivity contribution >= 4 is 11.5 Å². The fraction of sp³-hybridized carbons (Fsp3) is 0.267. The summed E-state index contributed by atoms with van der Waals surface area (Å²) in [7, 11) is 0. The van der Waals surface area contributed by atoms with E-state index in [2.05, 4.69) is 35.0 Å². The number of aromatic nitrogens is 1. The van der Waals surface area contributed by atoms with Crippen LogP contribution in [0.3, 0.4) is 0 Å². The predicted octanol–water partition coefficient (Wildman–Crippen LogP) is 3.26. The van der Waals surface area contributed by atoms with Crippen LogP contribution in [-0.2, 0) is 0 Å². The molecule has 18 heavy (non-hydrogen) atoms. The summed E-state index contributed by atoms with van der Waals surface area (Å²) in [5.41, 5.74) is 8.17. The van der Waals surface area contributed by atoms with Gasteiger partial charge in [-0.15, -0.1) is 0 Å². The van der Waals surface area contributed by atoms with Gasteiger partial charge in [0.1, 0.15) is 5.82 Å². The van der Waals surface area contributed by atoms with Crippen LogP contribution in [0.2, 0.25) is 0 Å². The molecule has 1 heterocycles. The van der Waals surface area contributed by atoms with E-state index >= 15 is 0 Å². The van der Waals surface area contributed by atoms with Crippen molar-refractivity contribution in [3.05, 3.63) is 54.2 Å². The molecular formula is C15H19N3. The number of para-hydroxylation sites is 1. The first-order valence-electron chi connectivity index (χ1n) is 6.26. The molecule has 3 nitrogen and oxygen atoms in total. The van der Waals surface area contributed by atoms with Crippen molar-refractivity contribution in [1.29, 1.82) is 0 Å². The van der Waals surface area contributed by atoms with E-state index in [0.717, 1.165) is 23.6 Å². The molecule has 1 unspecified atom stereocenters. The van der Waals surface area contributed by atoms with Gasteiger partial charge in [-0.25, -0.2) is 4.98 Å². The maximum atomic E-state index is 5.92. The monoisotopic (exact) mass is 241 g/mol. The van der Waals surface area contributed by atoms with Crippen LogP contribution in [0.25, 0.3) is 0 Å². The first-order valence-corrected chi connectivity index (χ1v) is 6.26. The van der Waals surface area contributed by atoms with E-state index in [1.54, 1.807) is 0 Å². The zero-order valence-electron chi connectivity index (χ0n) is 10.9. The number of hydrogen-bond donors (Lipinski definition) is 1. The van der Waals surface area contributed by atoms with Crippen molar-refractivity contribution in [3.63, 3.8) is 0 Å². The fourth-order valence-corrected chi connectivity index (χ4v) is 1.95. The highest BCUT2D eigenvalue weighted by Crippen LogP contribution is 2.24. The number of hydrogen-bond acceptors (Lipinski definition) is 3. The average molecular weight is 241 g/mol. The predicted molar refractivity (Wildman–Crippen MR) is 76.0 cm³/mol. The maximum Gasteiger partial charge on any atom is 0.133 e. The number of rotatable bonds is 4. The lowest BCUT2D eigenvalue weighted by atomic mass is 10.1. The summed E-state index contributed by atoms with van der Waals surface area (Å²) in [4.78, 5) is 6.61. The molecule has 0 spiro atoms. The summed E-state index contributed by atoms with van der Waals surface area (Å²) in [6, 6.07) is 14.3. The molecule has 0 aliphatic rings. The van der Waals surface area contributed by atoms with Crippen LogP contribution in [0.15, 0.2) is 48.7 Å². The van der Waals surface area contributed by atoms with E-state index in [0.29, 0.717) is 0 Å². The maximum absolute atomic E-state index is 5.92. The Morgan fingerprint density at radius 3 is 2.56 bits per heavy atom. The molecule has 3 heteroatoms. The highest BCUT2D eigenvalue weighted by Gasteiger charge is 2.09. The topological polar surface area (TPSA) is 42.1 Å². The number of pyridine rings is 1. The molecule has 0 bridgehead atoms. The Labute approximate surface area is 108 Å². The van der Waals surface area contributed by atoms with Crippen LogP contribution in [0.5, 0.6) is 0 Å². The van der Waals surface area contributed by atoms with Gasteiger partial charge in [-0.2, -0.15) is 0 Å². The minimum atomic E-state index is 0.0289. The van der Waals surface area contributed by atoms with Crippen LogP contribution < -0.4 is 10.6 Å². The molecule has 0 aliphatic carbocycles. The molecule has 2 aromatic rings. The van der Waals surface area contributed by atoms with Crippen molar-refractivity contribution < 1.29 is 0 Å². The number of nitrogens with two attached hydrogens (primary N) is 1. The first-order chi connectivity index (χ1) is 8.72. The first kappa shape index (κ1) is 12.6. The summed E-state index contributed by atoms with van der Waals surface area (Å²) < 4.78 is 0. The molecule has 0 saturated heterocycles. The zero-order chi connectivity index (χ0) is 13.0. The quantitative estimate of drug-likeness (QED) is 0.893. The molecule has 1 aromatic carbocycles. The van der Waals surface area contributed by atoms with Gasteiger partial charge in [-0.1, -0.05) is 18.2 Å². The van der Waals surface area contributed by atoms with Crippen molar-refractivity contribution in [3.8, 4) is 0 Å². The van der Waals surface area contributed by atoms with Gasteiger partial charge in [0.2, 0.25) is 0 Å².